The molecule has 1 heterocycles. The van der Waals surface area contributed by atoms with Crippen LogP contribution in [0.2, 0.25) is 0 Å². The zero-order valence-electron chi connectivity index (χ0n) is 9.67. The predicted molar refractivity (Wildman–Crippen MR) is 69.3 cm³/mol. The van der Waals surface area contributed by atoms with Crippen molar-refractivity contribution in [2.24, 2.45) is 0 Å². The molecule has 0 saturated heterocycles. The van der Waals surface area contributed by atoms with Crippen molar-refractivity contribution in [1.82, 2.24) is 9.78 Å². The maximum absolute atomic E-state index is 12.9. The van der Waals surface area contributed by atoms with Crippen LogP contribution in [-0.2, 0) is 6.54 Å². The van der Waals surface area contributed by atoms with Gasteiger partial charge in [-0.15, -0.1) is 0 Å². The Morgan fingerprint density at radius 3 is 2.65 bits per heavy atom. The van der Waals surface area contributed by atoms with Crippen LogP contribution in [0.5, 0.6) is 0 Å². The maximum atomic E-state index is 12.9. The first-order chi connectivity index (χ1) is 7.99. The highest BCUT2D eigenvalue weighted by Crippen LogP contribution is 2.22. The molecule has 0 spiro atoms. The number of benzene rings is 1. The van der Waals surface area contributed by atoms with Gasteiger partial charge in [0.05, 0.1) is 22.4 Å². The first-order valence-corrected chi connectivity index (χ1v) is 6.01. The van der Waals surface area contributed by atoms with Crippen LogP contribution in [0.3, 0.4) is 0 Å². The van der Waals surface area contributed by atoms with E-state index in [0.717, 1.165) is 21.4 Å². The van der Waals surface area contributed by atoms with Crippen LogP contribution in [0.15, 0.2) is 22.7 Å². The Bertz CT molecular complexity index is 563. The Morgan fingerprint density at radius 1 is 1.41 bits per heavy atom. The van der Waals surface area contributed by atoms with Gasteiger partial charge in [0.2, 0.25) is 0 Å². The Morgan fingerprint density at radius 2 is 2.12 bits per heavy atom. The molecule has 2 rings (SSSR count). The van der Waals surface area contributed by atoms with Crippen LogP contribution in [0, 0.1) is 19.7 Å². The van der Waals surface area contributed by atoms with Crippen molar-refractivity contribution in [3.05, 3.63) is 45.4 Å². The monoisotopic (exact) mass is 297 g/mol. The van der Waals surface area contributed by atoms with Gasteiger partial charge in [-0.2, -0.15) is 5.10 Å². The van der Waals surface area contributed by atoms with Gasteiger partial charge in [0.15, 0.2) is 0 Å². The Kier molecular flexibility index (Phi) is 3.19. The van der Waals surface area contributed by atoms with E-state index in [1.54, 1.807) is 6.07 Å². The van der Waals surface area contributed by atoms with Gasteiger partial charge in [-0.3, -0.25) is 4.68 Å². The number of anilines is 1. The van der Waals surface area contributed by atoms with Crippen molar-refractivity contribution in [1.29, 1.82) is 0 Å². The van der Waals surface area contributed by atoms with Crippen LogP contribution in [0.25, 0.3) is 0 Å². The molecule has 5 heteroatoms. The van der Waals surface area contributed by atoms with E-state index < -0.39 is 0 Å². The zero-order valence-corrected chi connectivity index (χ0v) is 11.3. The number of hydrogen-bond acceptors (Lipinski definition) is 2. The van der Waals surface area contributed by atoms with Gasteiger partial charge in [0.25, 0.3) is 0 Å². The van der Waals surface area contributed by atoms with Gasteiger partial charge in [-0.05, 0) is 47.5 Å². The first-order valence-electron chi connectivity index (χ1n) is 5.22. The minimum atomic E-state index is -0.319. The second-order valence-electron chi connectivity index (χ2n) is 3.99. The SMILES string of the molecule is Cc1nn(Cc2ccc(F)cc2N)c(C)c1Br. The number of halogens is 2. The van der Waals surface area contributed by atoms with Crippen LogP contribution >= 0.6 is 15.9 Å². The van der Waals surface area contributed by atoms with Crippen LogP contribution in [0.1, 0.15) is 17.0 Å². The quantitative estimate of drug-likeness (QED) is 0.866. The van der Waals surface area contributed by atoms with Crippen molar-refractivity contribution >= 4 is 21.6 Å². The second-order valence-corrected chi connectivity index (χ2v) is 4.78. The van der Waals surface area contributed by atoms with Gasteiger partial charge in [0.1, 0.15) is 5.82 Å². The lowest BCUT2D eigenvalue weighted by atomic mass is 10.2. The zero-order chi connectivity index (χ0) is 12.6. The second kappa shape index (κ2) is 4.49. The van der Waals surface area contributed by atoms with E-state index in [2.05, 4.69) is 21.0 Å². The molecule has 0 fully saturated rings. The summed E-state index contributed by atoms with van der Waals surface area (Å²) >= 11 is 3.47. The fraction of sp³-hybridized carbons (Fsp3) is 0.250. The number of nitrogens with zero attached hydrogens (tertiary/aromatic N) is 2. The third kappa shape index (κ3) is 2.34. The highest BCUT2D eigenvalue weighted by Gasteiger charge is 2.10. The summed E-state index contributed by atoms with van der Waals surface area (Å²) in [4.78, 5) is 0. The predicted octanol–water partition coefficient (Wildman–Crippen LogP) is 3.03. The van der Waals surface area contributed by atoms with Gasteiger partial charge in [0, 0.05) is 5.69 Å². The number of nitrogen functional groups attached to an aromatic ring is 1. The molecule has 3 nitrogen and oxygen atoms in total. The lowest BCUT2D eigenvalue weighted by molar-refractivity contribution is 0.624. The molecule has 17 heavy (non-hydrogen) atoms. The smallest absolute Gasteiger partial charge is 0.125 e. The Balaban J connectivity index is 2.34. The molecule has 0 aliphatic rings. The van der Waals surface area contributed by atoms with Crippen LogP contribution < -0.4 is 5.73 Å². The number of aromatic nitrogens is 2. The summed E-state index contributed by atoms with van der Waals surface area (Å²) in [7, 11) is 0. The third-order valence-corrected chi connectivity index (χ3v) is 3.87. The lowest BCUT2D eigenvalue weighted by Crippen LogP contribution is -2.06. The summed E-state index contributed by atoms with van der Waals surface area (Å²) in [5.74, 6) is -0.319. The van der Waals surface area contributed by atoms with E-state index in [-0.39, 0.29) is 5.82 Å². The van der Waals surface area contributed by atoms with E-state index in [1.165, 1.54) is 12.1 Å². The van der Waals surface area contributed by atoms with Crippen molar-refractivity contribution in [3.8, 4) is 0 Å². The molecular weight excluding hydrogens is 285 g/mol. The topological polar surface area (TPSA) is 43.8 Å². The molecule has 2 N–H and O–H groups in total. The fourth-order valence-electron chi connectivity index (χ4n) is 1.70. The summed E-state index contributed by atoms with van der Waals surface area (Å²) in [6.45, 7) is 4.45. The van der Waals surface area contributed by atoms with Crippen molar-refractivity contribution in [3.63, 3.8) is 0 Å². The van der Waals surface area contributed by atoms with Gasteiger partial charge >= 0.3 is 0 Å². The Labute approximate surface area is 108 Å². The summed E-state index contributed by atoms with van der Waals surface area (Å²) in [6.07, 6.45) is 0. The summed E-state index contributed by atoms with van der Waals surface area (Å²) < 4.78 is 15.8. The van der Waals surface area contributed by atoms with E-state index in [0.29, 0.717) is 12.2 Å². The molecule has 90 valence electrons. The minimum absolute atomic E-state index is 0.319. The average Bonchev–Trinajstić information content (AvgIpc) is 2.50. The highest BCUT2D eigenvalue weighted by molar-refractivity contribution is 9.10. The highest BCUT2D eigenvalue weighted by atomic mass is 79.9. The molecule has 0 radical (unpaired) electrons. The number of hydrogen-bond donors (Lipinski definition) is 1. The average molecular weight is 298 g/mol. The molecule has 0 saturated carbocycles. The van der Waals surface area contributed by atoms with E-state index >= 15 is 0 Å². The molecule has 0 bridgehead atoms. The minimum Gasteiger partial charge on any atom is -0.398 e. The molecule has 0 atom stereocenters. The van der Waals surface area contributed by atoms with Crippen molar-refractivity contribution < 1.29 is 4.39 Å². The van der Waals surface area contributed by atoms with Gasteiger partial charge < -0.3 is 5.73 Å². The maximum Gasteiger partial charge on any atom is 0.125 e. The fourth-order valence-corrected chi connectivity index (χ4v) is 1.98. The van der Waals surface area contributed by atoms with Gasteiger partial charge in [-0.25, -0.2) is 4.39 Å². The van der Waals surface area contributed by atoms with Crippen LogP contribution in [-0.4, -0.2) is 9.78 Å². The molecule has 0 aliphatic carbocycles. The molecule has 0 aliphatic heterocycles. The third-order valence-electron chi connectivity index (χ3n) is 2.72. The lowest BCUT2D eigenvalue weighted by Gasteiger charge is -2.07. The molecule has 0 amide bonds. The van der Waals surface area contributed by atoms with E-state index in [4.69, 9.17) is 5.73 Å². The largest absolute Gasteiger partial charge is 0.398 e. The molecular formula is C12H13BrFN3. The van der Waals surface area contributed by atoms with E-state index in [9.17, 15) is 4.39 Å². The molecule has 0 unspecified atom stereocenters. The summed E-state index contributed by atoms with van der Waals surface area (Å²) in [6, 6.07) is 4.43. The normalized spacial score (nSPS) is 10.8. The van der Waals surface area contributed by atoms with Crippen molar-refractivity contribution in [2.45, 2.75) is 20.4 Å². The molecule has 1 aromatic carbocycles. The summed E-state index contributed by atoms with van der Waals surface area (Å²) in [5, 5.41) is 4.39. The van der Waals surface area contributed by atoms with Gasteiger partial charge in [-0.1, -0.05) is 6.07 Å². The van der Waals surface area contributed by atoms with E-state index in [1.807, 2.05) is 18.5 Å². The standard InChI is InChI=1S/C12H13BrFN3/c1-7-12(13)8(2)17(16-7)6-9-3-4-10(14)5-11(9)15/h3-5H,6,15H2,1-2H3. The first kappa shape index (κ1) is 12.1. The Hall–Kier alpha value is -1.36. The number of rotatable bonds is 2. The van der Waals surface area contributed by atoms with Crippen LogP contribution in [0.4, 0.5) is 10.1 Å². The van der Waals surface area contributed by atoms with Crippen molar-refractivity contribution in [2.75, 3.05) is 5.73 Å². The summed E-state index contributed by atoms with van der Waals surface area (Å²) in [5.41, 5.74) is 9.06. The number of aryl methyl sites for hydroxylation is 1. The number of nitrogens with two attached hydrogens (primary N) is 1. The molecule has 2 aromatic rings. The molecule has 1 aromatic heterocycles.